The Morgan fingerprint density at radius 2 is 1.96 bits per heavy atom. The number of nitrogens with zero attached hydrogens (tertiary/aromatic N) is 2. The topological polar surface area (TPSA) is 86.8 Å². The Hall–Kier alpha value is -1.93. The first-order valence-electron chi connectivity index (χ1n) is 8.92. The molecule has 2 aliphatic rings. The van der Waals surface area contributed by atoms with Gasteiger partial charge in [-0.15, -0.1) is 0 Å². The Bertz CT molecular complexity index is 766. The lowest BCUT2D eigenvalue weighted by molar-refractivity contribution is -0.137. The first-order valence-corrected chi connectivity index (χ1v) is 10.8. The number of nitrogens with one attached hydrogen (secondary N) is 1. The minimum atomic E-state index is -3.23. The second kappa shape index (κ2) is 7.75. The summed E-state index contributed by atoms with van der Waals surface area (Å²) in [6.07, 6.45) is 3.12. The molecular formula is C18H25N3O4S. The van der Waals surface area contributed by atoms with Crippen molar-refractivity contribution in [1.29, 1.82) is 0 Å². The molecule has 8 heteroatoms. The number of hydrogen-bond acceptors (Lipinski definition) is 4. The van der Waals surface area contributed by atoms with E-state index in [0.717, 1.165) is 24.8 Å². The molecule has 0 saturated carbocycles. The third-order valence-corrected chi connectivity index (χ3v) is 5.70. The highest BCUT2D eigenvalue weighted by Gasteiger charge is 2.38. The summed E-state index contributed by atoms with van der Waals surface area (Å²) < 4.78 is 25.1. The number of para-hydroxylation sites is 1. The van der Waals surface area contributed by atoms with Crippen molar-refractivity contribution < 1.29 is 18.0 Å². The lowest BCUT2D eigenvalue weighted by Gasteiger charge is -2.34. The fourth-order valence-electron chi connectivity index (χ4n) is 3.69. The van der Waals surface area contributed by atoms with Gasteiger partial charge in [0.25, 0.3) is 0 Å². The molecular weight excluding hydrogens is 354 g/mol. The van der Waals surface area contributed by atoms with Crippen LogP contribution in [0.15, 0.2) is 30.3 Å². The van der Waals surface area contributed by atoms with Gasteiger partial charge in [-0.3, -0.25) is 9.59 Å². The van der Waals surface area contributed by atoms with E-state index in [1.54, 1.807) is 9.80 Å². The molecule has 0 radical (unpaired) electrons. The third-order valence-electron chi connectivity index (χ3n) is 5.01. The van der Waals surface area contributed by atoms with Gasteiger partial charge in [-0.2, -0.15) is 0 Å². The molecule has 2 heterocycles. The van der Waals surface area contributed by atoms with Gasteiger partial charge in [0.2, 0.25) is 21.8 Å². The lowest BCUT2D eigenvalue weighted by atomic mass is 9.96. The molecule has 0 unspecified atom stereocenters. The van der Waals surface area contributed by atoms with Gasteiger partial charge in [0.1, 0.15) is 0 Å². The van der Waals surface area contributed by atoms with Gasteiger partial charge < -0.3 is 9.80 Å². The van der Waals surface area contributed by atoms with Crippen molar-refractivity contribution in [3.63, 3.8) is 0 Å². The van der Waals surface area contributed by atoms with Crippen LogP contribution in [0.4, 0.5) is 5.69 Å². The molecule has 3 rings (SSSR count). The molecule has 1 aromatic carbocycles. The molecule has 2 atom stereocenters. The molecule has 2 fully saturated rings. The maximum atomic E-state index is 12.9. The predicted molar refractivity (Wildman–Crippen MR) is 99.1 cm³/mol. The van der Waals surface area contributed by atoms with Crippen molar-refractivity contribution in [2.75, 3.05) is 37.3 Å². The van der Waals surface area contributed by atoms with E-state index in [2.05, 4.69) is 4.72 Å². The first-order chi connectivity index (χ1) is 12.3. The van der Waals surface area contributed by atoms with Crippen LogP contribution in [0.2, 0.25) is 0 Å². The van der Waals surface area contributed by atoms with E-state index in [1.807, 2.05) is 30.3 Å². The van der Waals surface area contributed by atoms with Crippen molar-refractivity contribution in [2.45, 2.75) is 19.3 Å². The number of likely N-dealkylation sites (tertiary alicyclic amines) is 1. The standard InChI is InChI=1S/C18H25N3O4S/c1-26(24,25)19-11-14-6-5-9-20(12-14)18(23)15-10-17(22)21(13-15)16-7-3-2-4-8-16/h2-4,7-8,14-15,19H,5-6,9-13H2,1H3/t14-,15-/m1/s1. The van der Waals surface area contributed by atoms with Gasteiger partial charge in [0.15, 0.2) is 0 Å². The molecule has 1 aromatic rings. The molecule has 2 amide bonds. The molecule has 2 saturated heterocycles. The van der Waals surface area contributed by atoms with Crippen LogP contribution < -0.4 is 9.62 Å². The van der Waals surface area contributed by atoms with Crippen LogP contribution in [0.5, 0.6) is 0 Å². The number of hydrogen-bond donors (Lipinski definition) is 1. The highest BCUT2D eigenvalue weighted by Crippen LogP contribution is 2.27. The van der Waals surface area contributed by atoms with Gasteiger partial charge >= 0.3 is 0 Å². The summed E-state index contributed by atoms with van der Waals surface area (Å²) in [5.74, 6) is -0.239. The number of carbonyl (C=O) groups is 2. The molecule has 2 aliphatic heterocycles. The highest BCUT2D eigenvalue weighted by atomic mass is 32.2. The quantitative estimate of drug-likeness (QED) is 0.821. The van der Waals surface area contributed by atoms with Gasteiger partial charge in [-0.25, -0.2) is 13.1 Å². The second-order valence-corrected chi connectivity index (χ2v) is 8.99. The Kier molecular flexibility index (Phi) is 5.62. The number of amides is 2. The average Bonchev–Trinajstić information content (AvgIpc) is 3.01. The molecule has 142 valence electrons. The summed E-state index contributed by atoms with van der Waals surface area (Å²) >= 11 is 0. The summed E-state index contributed by atoms with van der Waals surface area (Å²) in [5, 5.41) is 0. The molecule has 0 spiro atoms. The summed E-state index contributed by atoms with van der Waals surface area (Å²) in [7, 11) is -3.23. The van der Waals surface area contributed by atoms with Crippen molar-refractivity contribution >= 4 is 27.5 Å². The average molecular weight is 379 g/mol. The highest BCUT2D eigenvalue weighted by molar-refractivity contribution is 7.88. The number of carbonyl (C=O) groups excluding carboxylic acids is 2. The van der Waals surface area contributed by atoms with Gasteiger partial charge in [-0.1, -0.05) is 18.2 Å². The van der Waals surface area contributed by atoms with Crippen molar-refractivity contribution in [1.82, 2.24) is 9.62 Å². The Balaban J connectivity index is 1.59. The zero-order valence-electron chi connectivity index (χ0n) is 14.9. The van der Waals surface area contributed by atoms with E-state index in [9.17, 15) is 18.0 Å². The summed E-state index contributed by atoms with van der Waals surface area (Å²) in [5.41, 5.74) is 0.821. The zero-order valence-corrected chi connectivity index (χ0v) is 15.7. The van der Waals surface area contributed by atoms with Gasteiger partial charge in [-0.05, 0) is 30.9 Å². The van der Waals surface area contributed by atoms with Crippen molar-refractivity contribution in [2.24, 2.45) is 11.8 Å². The number of rotatable bonds is 5. The van der Waals surface area contributed by atoms with Gasteiger partial charge in [0, 0.05) is 38.3 Å². The van der Waals surface area contributed by atoms with E-state index in [-0.39, 0.29) is 30.1 Å². The maximum Gasteiger partial charge on any atom is 0.228 e. The molecule has 0 aromatic heterocycles. The predicted octanol–water partition coefficient (Wildman–Crippen LogP) is 0.827. The SMILES string of the molecule is CS(=O)(=O)NC[C@H]1CCCN(C(=O)[C@@H]2CC(=O)N(c3ccccc3)C2)C1. The number of piperidine rings is 1. The zero-order chi connectivity index (χ0) is 18.7. The van der Waals surface area contributed by atoms with Crippen LogP contribution in [0.25, 0.3) is 0 Å². The summed E-state index contributed by atoms with van der Waals surface area (Å²) in [6.45, 7) is 1.97. The Morgan fingerprint density at radius 1 is 1.23 bits per heavy atom. The number of anilines is 1. The van der Waals surface area contributed by atoms with Crippen LogP contribution in [-0.4, -0.2) is 57.6 Å². The molecule has 0 bridgehead atoms. The molecule has 0 aliphatic carbocycles. The summed E-state index contributed by atoms with van der Waals surface area (Å²) in [4.78, 5) is 28.7. The molecule has 26 heavy (non-hydrogen) atoms. The minimum absolute atomic E-state index is 0.000775. The lowest BCUT2D eigenvalue weighted by Crippen LogP contribution is -2.46. The van der Waals surface area contributed by atoms with Crippen LogP contribution in [0, 0.1) is 11.8 Å². The van der Waals surface area contributed by atoms with Crippen LogP contribution in [-0.2, 0) is 19.6 Å². The first kappa shape index (κ1) is 18.8. The maximum absolute atomic E-state index is 12.9. The second-order valence-electron chi connectivity index (χ2n) is 7.15. The fourth-order valence-corrected chi connectivity index (χ4v) is 4.23. The molecule has 7 nitrogen and oxygen atoms in total. The van der Waals surface area contributed by atoms with E-state index in [4.69, 9.17) is 0 Å². The monoisotopic (exact) mass is 379 g/mol. The van der Waals surface area contributed by atoms with Crippen LogP contribution >= 0.6 is 0 Å². The number of sulfonamides is 1. The minimum Gasteiger partial charge on any atom is -0.342 e. The Labute approximate surface area is 154 Å². The van der Waals surface area contributed by atoms with Crippen molar-refractivity contribution in [3.05, 3.63) is 30.3 Å². The summed E-state index contributed by atoms with van der Waals surface area (Å²) in [6, 6.07) is 9.39. The van der Waals surface area contributed by atoms with E-state index < -0.39 is 10.0 Å². The van der Waals surface area contributed by atoms with Crippen LogP contribution in [0.1, 0.15) is 19.3 Å². The van der Waals surface area contributed by atoms with E-state index >= 15 is 0 Å². The van der Waals surface area contributed by atoms with Crippen LogP contribution in [0.3, 0.4) is 0 Å². The Morgan fingerprint density at radius 3 is 2.65 bits per heavy atom. The largest absolute Gasteiger partial charge is 0.342 e. The smallest absolute Gasteiger partial charge is 0.228 e. The number of benzene rings is 1. The molecule has 1 N–H and O–H groups in total. The van der Waals surface area contributed by atoms with E-state index in [1.165, 1.54) is 0 Å². The van der Waals surface area contributed by atoms with E-state index in [0.29, 0.717) is 26.2 Å². The third kappa shape index (κ3) is 4.62. The fraction of sp³-hybridized carbons (Fsp3) is 0.556. The van der Waals surface area contributed by atoms with Crippen molar-refractivity contribution in [3.8, 4) is 0 Å². The van der Waals surface area contributed by atoms with Gasteiger partial charge in [0.05, 0.1) is 12.2 Å². The normalized spacial score (nSPS) is 24.1.